The van der Waals surface area contributed by atoms with Crippen molar-refractivity contribution in [3.63, 3.8) is 0 Å². The molecule has 0 aromatic carbocycles. The zero-order valence-electron chi connectivity index (χ0n) is 31.6. The molecule has 4 heterocycles. The maximum Gasteiger partial charge on any atom is 0.397 e. The molecule has 4 fully saturated rings. The first-order chi connectivity index (χ1) is 28.1. The van der Waals surface area contributed by atoms with Gasteiger partial charge < -0.3 is 89.8 Å². The van der Waals surface area contributed by atoms with Crippen LogP contribution >= 0.6 is 0 Å². The van der Waals surface area contributed by atoms with Crippen LogP contribution < -0.4 is 10.6 Å². The minimum Gasteiger partial charge on any atom is -0.479 e. The summed E-state index contributed by atoms with van der Waals surface area (Å²) in [4.78, 5) is 48.9. The highest BCUT2D eigenvalue weighted by Gasteiger charge is 2.57. The number of carbonyl (C=O) groups is 4. The number of rotatable bonds is 16. The summed E-state index contributed by atoms with van der Waals surface area (Å²) in [5.41, 5.74) is 0. The van der Waals surface area contributed by atoms with Crippen LogP contribution in [0.4, 0.5) is 0 Å². The monoisotopic (exact) mass is 934 g/mol. The molecular formula is C29H46N2O28S2. The van der Waals surface area contributed by atoms with Gasteiger partial charge in [0, 0.05) is 13.8 Å². The standard InChI is InChI=1S/C29H46N2O28S2/c1-6-11(30-7(2)32)20(13(34)9(53-6)4-51-60(45,46)47)55-29-19(40)17(38)22(24(59-29)26(43)44)57-27-12(31-8(3)33)21(14(35)10(54-27)5-52-61(48,49)50)56-28-18(39)15(36)16(37)23(58-28)25(41)42/h6,9-24,27-29,34-40H,4-5H2,1-3H3,(H,30,32)(H,31,33)(H,41,42)(H,43,44)(H,45,46,47)(H,48,49,50). The second-order valence-corrected chi connectivity index (χ2v) is 16.2. The maximum atomic E-state index is 12.6. The van der Waals surface area contributed by atoms with Gasteiger partial charge in [0.15, 0.2) is 31.1 Å². The summed E-state index contributed by atoms with van der Waals surface area (Å²) < 4.78 is 111. The molecule has 0 radical (unpaired) electrons. The molecule has 0 bridgehead atoms. The number of nitrogens with one attached hydrogen (secondary N) is 2. The molecule has 0 spiro atoms. The van der Waals surface area contributed by atoms with Gasteiger partial charge in [-0.05, 0) is 6.92 Å². The summed E-state index contributed by atoms with van der Waals surface area (Å²) >= 11 is 0. The Morgan fingerprint density at radius 1 is 0.525 bits per heavy atom. The molecule has 20 atom stereocenters. The van der Waals surface area contributed by atoms with E-state index in [0.717, 1.165) is 13.8 Å². The number of hydrogen-bond acceptors (Lipinski definition) is 24. The van der Waals surface area contributed by atoms with E-state index in [9.17, 15) is 86.5 Å². The summed E-state index contributed by atoms with van der Waals surface area (Å²) in [6.45, 7) is 0.895. The summed E-state index contributed by atoms with van der Waals surface area (Å²) in [6, 6.07) is -3.36. The molecule has 4 saturated heterocycles. The van der Waals surface area contributed by atoms with Crippen LogP contribution in [0, 0.1) is 0 Å². The molecule has 61 heavy (non-hydrogen) atoms. The summed E-state index contributed by atoms with van der Waals surface area (Å²) in [7, 11) is -10.4. The molecule has 30 nitrogen and oxygen atoms in total. The summed E-state index contributed by atoms with van der Waals surface area (Å²) in [5, 5.41) is 100. The minimum atomic E-state index is -5.31. The molecule has 4 aliphatic rings. The Balaban J connectivity index is 1.68. The van der Waals surface area contributed by atoms with E-state index in [-0.39, 0.29) is 0 Å². The average Bonchev–Trinajstić information content (AvgIpc) is 3.13. The highest BCUT2D eigenvalue weighted by Crippen LogP contribution is 2.35. The number of amides is 2. The normalized spacial score (nSPS) is 42.3. The van der Waals surface area contributed by atoms with E-state index in [4.69, 9.17) is 37.7 Å². The number of carboxylic acid groups (broad SMARTS) is 2. The lowest BCUT2D eigenvalue weighted by Gasteiger charge is -2.50. The number of ether oxygens (including phenoxy) is 7. The van der Waals surface area contributed by atoms with Crippen LogP contribution in [0.1, 0.15) is 20.8 Å². The van der Waals surface area contributed by atoms with E-state index in [0.29, 0.717) is 0 Å². The Labute approximate surface area is 344 Å². The van der Waals surface area contributed by atoms with Gasteiger partial charge in [-0.25, -0.2) is 18.0 Å². The first kappa shape index (κ1) is 50.7. The molecule has 4 rings (SSSR count). The topological polar surface area (TPSA) is 466 Å². The van der Waals surface area contributed by atoms with Gasteiger partial charge in [0.2, 0.25) is 11.8 Å². The zero-order valence-corrected chi connectivity index (χ0v) is 33.3. The third-order valence-corrected chi connectivity index (χ3v) is 10.5. The van der Waals surface area contributed by atoms with Crippen molar-refractivity contribution < 1.29 is 133 Å². The minimum absolute atomic E-state index is 0.732. The lowest BCUT2D eigenvalue weighted by Crippen LogP contribution is -2.70. The molecule has 352 valence electrons. The van der Waals surface area contributed by atoms with E-state index in [1.165, 1.54) is 6.92 Å². The number of hydrogen-bond donors (Lipinski definition) is 13. The van der Waals surface area contributed by atoms with Crippen LogP contribution in [0.5, 0.6) is 0 Å². The molecule has 0 saturated carbocycles. The molecular weight excluding hydrogens is 888 g/mol. The van der Waals surface area contributed by atoms with Gasteiger partial charge in [0.25, 0.3) is 0 Å². The molecule has 2 amide bonds. The Morgan fingerprint density at radius 3 is 1.39 bits per heavy atom. The number of carboxylic acids is 2. The first-order valence-electron chi connectivity index (χ1n) is 17.7. The fourth-order valence-electron chi connectivity index (χ4n) is 6.83. The maximum absolute atomic E-state index is 12.6. The van der Waals surface area contributed by atoms with E-state index >= 15 is 0 Å². The van der Waals surface area contributed by atoms with Crippen LogP contribution in [0.15, 0.2) is 0 Å². The predicted octanol–water partition coefficient (Wildman–Crippen LogP) is -8.55. The van der Waals surface area contributed by atoms with Crippen LogP contribution in [0.25, 0.3) is 0 Å². The fourth-order valence-corrected chi connectivity index (χ4v) is 7.44. The second-order valence-electron chi connectivity index (χ2n) is 14.1. The average molecular weight is 935 g/mol. The van der Waals surface area contributed by atoms with Crippen molar-refractivity contribution in [3.05, 3.63) is 0 Å². The molecule has 13 N–H and O–H groups in total. The van der Waals surface area contributed by atoms with E-state index < -0.39 is 180 Å². The number of carbonyl (C=O) groups excluding carboxylic acids is 2. The van der Waals surface area contributed by atoms with Gasteiger partial charge in [-0.2, -0.15) is 16.8 Å². The van der Waals surface area contributed by atoms with Crippen LogP contribution in [-0.2, 0) is 81.5 Å². The summed E-state index contributed by atoms with van der Waals surface area (Å²) in [6.07, 6.45) is -38.6. The highest BCUT2D eigenvalue weighted by atomic mass is 32.3. The predicted molar refractivity (Wildman–Crippen MR) is 182 cm³/mol. The third kappa shape index (κ3) is 12.6. The molecule has 0 aromatic rings. The summed E-state index contributed by atoms with van der Waals surface area (Å²) in [5.74, 6) is -5.57. The van der Waals surface area contributed by atoms with Gasteiger partial charge >= 0.3 is 32.7 Å². The van der Waals surface area contributed by atoms with Crippen LogP contribution in [0.2, 0.25) is 0 Å². The number of aliphatic hydroxyl groups excluding tert-OH is 7. The fraction of sp³-hybridized carbons (Fsp3) is 0.862. The molecule has 32 heteroatoms. The largest absolute Gasteiger partial charge is 0.479 e. The molecule has 4 aliphatic heterocycles. The van der Waals surface area contributed by atoms with E-state index in [2.05, 4.69) is 19.0 Å². The first-order valence-corrected chi connectivity index (χ1v) is 20.4. The van der Waals surface area contributed by atoms with E-state index in [1.807, 2.05) is 0 Å². The van der Waals surface area contributed by atoms with Crippen LogP contribution in [-0.4, -0.2) is 231 Å². The Hall–Kier alpha value is -2.94. The smallest absolute Gasteiger partial charge is 0.397 e. The van der Waals surface area contributed by atoms with Gasteiger partial charge in [0.05, 0.1) is 25.4 Å². The zero-order chi connectivity index (χ0) is 46.0. The third-order valence-electron chi connectivity index (χ3n) is 9.62. The lowest BCUT2D eigenvalue weighted by molar-refractivity contribution is -0.366. The van der Waals surface area contributed by atoms with Crippen molar-refractivity contribution in [2.45, 2.75) is 143 Å². The Bertz CT molecular complexity index is 1790. The Kier molecular flexibility index (Phi) is 16.8. The number of aliphatic carboxylic acids is 2. The SMILES string of the molecule is CC(=O)NC1C(C)OC(COS(=O)(=O)O)C(O)C1OC1OC(C(=O)O)C(OC2OC(COS(=O)(=O)O)C(O)C(OC3OC(C(=O)O)C(O)C(O)C3O)C2NC(C)=O)C(O)C1O. The van der Waals surface area contributed by atoms with Gasteiger partial charge in [-0.15, -0.1) is 0 Å². The lowest BCUT2D eigenvalue weighted by atomic mass is 9.92. The van der Waals surface area contributed by atoms with Crippen molar-refractivity contribution in [2.75, 3.05) is 13.2 Å². The van der Waals surface area contributed by atoms with Gasteiger partial charge in [-0.1, -0.05) is 0 Å². The van der Waals surface area contributed by atoms with Crippen molar-refractivity contribution in [1.82, 2.24) is 10.6 Å². The van der Waals surface area contributed by atoms with Gasteiger partial charge in [-0.3, -0.25) is 18.7 Å². The van der Waals surface area contributed by atoms with Crippen molar-refractivity contribution >= 4 is 44.6 Å². The van der Waals surface area contributed by atoms with Crippen LogP contribution in [0.3, 0.4) is 0 Å². The van der Waals surface area contributed by atoms with E-state index in [1.54, 1.807) is 0 Å². The Morgan fingerprint density at radius 2 is 0.934 bits per heavy atom. The molecule has 0 aliphatic carbocycles. The van der Waals surface area contributed by atoms with Crippen molar-refractivity contribution in [1.29, 1.82) is 0 Å². The molecule has 0 aromatic heterocycles. The highest BCUT2D eigenvalue weighted by molar-refractivity contribution is 7.81. The van der Waals surface area contributed by atoms with Crippen molar-refractivity contribution in [2.24, 2.45) is 0 Å². The second kappa shape index (κ2) is 20.3. The quantitative estimate of drug-likeness (QED) is 0.0639. The van der Waals surface area contributed by atoms with Gasteiger partial charge in [0.1, 0.15) is 79.3 Å². The van der Waals surface area contributed by atoms with Crippen molar-refractivity contribution in [3.8, 4) is 0 Å². The number of aliphatic hydroxyl groups is 7. The molecule has 20 unspecified atom stereocenters.